The van der Waals surface area contributed by atoms with Gasteiger partial charge in [-0.1, -0.05) is 6.92 Å². The third kappa shape index (κ3) is 4.25. The second kappa shape index (κ2) is 6.96. The molecule has 1 heterocycles. The summed E-state index contributed by atoms with van der Waals surface area (Å²) in [6.45, 7) is 6.63. The molecule has 19 heavy (non-hydrogen) atoms. The fourth-order valence-electron chi connectivity index (χ4n) is 2.60. The minimum atomic E-state index is -0.363. The lowest BCUT2D eigenvalue weighted by Gasteiger charge is -2.32. The van der Waals surface area contributed by atoms with E-state index in [1.165, 1.54) is 18.2 Å². The Morgan fingerprint density at radius 2 is 2.00 bits per heavy atom. The Morgan fingerprint density at radius 1 is 1.26 bits per heavy atom. The number of likely N-dealkylation sites (tertiary alicyclic amines) is 1. The van der Waals surface area contributed by atoms with Crippen LogP contribution in [0.15, 0.2) is 18.2 Å². The predicted octanol–water partition coefficient (Wildman–Crippen LogP) is 2.79. The summed E-state index contributed by atoms with van der Waals surface area (Å²) < 4.78 is 26.7. The van der Waals surface area contributed by atoms with Crippen molar-refractivity contribution in [3.05, 3.63) is 35.4 Å². The van der Waals surface area contributed by atoms with Crippen LogP contribution in [0.1, 0.15) is 25.3 Å². The Morgan fingerprint density at radius 3 is 2.68 bits per heavy atom. The molecule has 0 atom stereocenters. The Balaban J connectivity index is 1.83. The van der Waals surface area contributed by atoms with Crippen molar-refractivity contribution in [1.29, 1.82) is 0 Å². The normalized spacial score (nSPS) is 17.8. The van der Waals surface area contributed by atoms with E-state index >= 15 is 0 Å². The molecule has 1 saturated heterocycles. The van der Waals surface area contributed by atoms with Crippen molar-refractivity contribution < 1.29 is 8.78 Å². The molecule has 0 unspecified atom stereocenters. The average molecular weight is 268 g/mol. The van der Waals surface area contributed by atoms with E-state index in [-0.39, 0.29) is 11.6 Å². The molecule has 1 N–H and O–H groups in total. The number of hydrogen-bond acceptors (Lipinski definition) is 2. The van der Waals surface area contributed by atoms with E-state index in [0.717, 1.165) is 39.0 Å². The molecule has 0 bridgehead atoms. The first kappa shape index (κ1) is 14.4. The molecule has 0 aliphatic carbocycles. The topological polar surface area (TPSA) is 15.3 Å². The molecule has 1 aliphatic heterocycles. The first-order valence-electron chi connectivity index (χ1n) is 7.06. The predicted molar refractivity (Wildman–Crippen MR) is 72.9 cm³/mol. The maximum absolute atomic E-state index is 13.6. The van der Waals surface area contributed by atoms with Gasteiger partial charge in [-0.15, -0.1) is 0 Å². The van der Waals surface area contributed by atoms with Crippen LogP contribution in [0.25, 0.3) is 0 Å². The summed E-state index contributed by atoms with van der Waals surface area (Å²) in [6.07, 6.45) is 2.26. The van der Waals surface area contributed by atoms with Crippen LogP contribution in [-0.4, -0.2) is 31.1 Å². The molecule has 0 amide bonds. The molecule has 0 spiro atoms. The van der Waals surface area contributed by atoms with Crippen molar-refractivity contribution >= 4 is 0 Å². The summed E-state index contributed by atoms with van der Waals surface area (Å²) in [4.78, 5) is 2.21. The van der Waals surface area contributed by atoms with Gasteiger partial charge in [0.1, 0.15) is 11.6 Å². The molecule has 0 aromatic heterocycles. The lowest BCUT2D eigenvalue weighted by atomic mass is 9.96. The largest absolute Gasteiger partial charge is 0.317 e. The van der Waals surface area contributed by atoms with Gasteiger partial charge in [0.25, 0.3) is 0 Å². The highest BCUT2D eigenvalue weighted by molar-refractivity contribution is 5.18. The number of piperidine rings is 1. The van der Waals surface area contributed by atoms with E-state index in [4.69, 9.17) is 0 Å². The van der Waals surface area contributed by atoms with Crippen LogP contribution in [0.2, 0.25) is 0 Å². The highest BCUT2D eigenvalue weighted by Crippen LogP contribution is 2.20. The standard InChI is InChI=1S/C15H22F2N2/c1-2-18-10-12-5-7-19(8-6-12)11-13-9-14(16)3-4-15(13)17/h3-4,9,12,18H,2,5-8,10-11H2,1H3. The number of nitrogens with one attached hydrogen (secondary N) is 1. The lowest BCUT2D eigenvalue weighted by molar-refractivity contribution is 0.174. The molecule has 1 aromatic carbocycles. The quantitative estimate of drug-likeness (QED) is 0.883. The van der Waals surface area contributed by atoms with Crippen LogP contribution in [0.3, 0.4) is 0 Å². The zero-order valence-electron chi connectivity index (χ0n) is 11.5. The third-order valence-electron chi connectivity index (χ3n) is 3.79. The molecule has 1 fully saturated rings. The first-order valence-corrected chi connectivity index (χ1v) is 7.06. The van der Waals surface area contributed by atoms with Crippen molar-refractivity contribution in [2.24, 2.45) is 5.92 Å². The van der Waals surface area contributed by atoms with Gasteiger partial charge in [-0.05, 0) is 63.1 Å². The number of rotatable bonds is 5. The smallest absolute Gasteiger partial charge is 0.127 e. The highest BCUT2D eigenvalue weighted by Gasteiger charge is 2.19. The van der Waals surface area contributed by atoms with Gasteiger partial charge in [0, 0.05) is 12.1 Å². The summed E-state index contributed by atoms with van der Waals surface area (Å²) >= 11 is 0. The van der Waals surface area contributed by atoms with Crippen LogP contribution in [0.5, 0.6) is 0 Å². The minimum Gasteiger partial charge on any atom is -0.317 e. The molecule has 2 rings (SSSR count). The van der Waals surface area contributed by atoms with Crippen molar-refractivity contribution in [2.75, 3.05) is 26.2 Å². The minimum absolute atomic E-state index is 0.309. The Bertz CT molecular complexity index is 401. The second-order valence-electron chi connectivity index (χ2n) is 5.26. The lowest BCUT2D eigenvalue weighted by Crippen LogP contribution is -2.37. The molecule has 1 aromatic rings. The van der Waals surface area contributed by atoms with E-state index in [2.05, 4.69) is 17.1 Å². The number of benzene rings is 1. The molecule has 4 heteroatoms. The molecular weight excluding hydrogens is 246 g/mol. The molecule has 0 saturated carbocycles. The Labute approximate surface area is 113 Å². The zero-order chi connectivity index (χ0) is 13.7. The monoisotopic (exact) mass is 268 g/mol. The van der Waals surface area contributed by atoms with E-state index in [1.807, 2.05) is 0 Å². The van der Waals surface area contributed by atoms with E-state index in [0.29, 0.717) is 18.0 Å². The summed E-state index contributed by atoms with van der Waals surface area (Å²) in [5, 5.41) is 3.37. The van der Waals surface area contributed by atoms with Crippen molar-refractivity contribution in [1.82, 2.24) is 10.2 Å². The summed E-state index contributed by atoms with van der Waals surface area (Å²) in [6, 6.07) is 3.68. The van der Waals surface area contributed by atoms with Gasteiger partial charge in [0.2, 0.25) is 0 Å². The summed E-state index contributed by atoms with van der Waals surface area (Å²) in [7, 11) is 0. The summed E-state index contributed by atoms with van der Waals surface area (Å²) in [5.41, 5.74) is 0.463. The molecule has 0 radical (unpaired) electrons. The Kier molecular flexibility index (Phi) is 5.28. The highest BCUT2D eigenvalue weighted by atomic mass is 19.1. The van der Waals surface area contributed by atoms with Crippen LogP contribution in [-0.2, 0) is 6.54 Å². The molecule has 2 nitrogen and oxygen atoms in total. The maximum Gasteiger partial charge on any atom is 0.127 e. The van der Waals surface area contributed by atoms with Crippen molar-refractivity contribution in [3.63, 3.8) is 0 Å². The summed E-state index contributed by atoms with van der Waals surface area (Å²) in [5.74, 6) is 0.0446. The fourth-order valence-corrected chi connectivity index (χ4v) is 2.60. The molecular formula is C15H22F2N2. The number of halogens is 2. The zero-order valence-corrected chi connectivity index (χ0v) is 11.5. The van der Waals surface area contributed by atoms with E-state index < -0.39 is 0 Å². The van der Waals surface area contributed by atoms with Gasteiger partial charge in [0.15, 0.2) is 0 Å². The van der Waals surface area contributed by atoms with E-state index in [9.17, 15) is 8.78 Å². The Hall–Kier alpha value is -1.00. The molecule has 1 aliphatic rings. The van der Waals surface area contributed by atoms with Gasteiger partial charge in [-0.25, -0.2) is 8.78 Å². The number of hydrogen-bond donors (Lipinski definition) is 1. The van der Waals surface area contributed by atoms with E-state index in [1.54, 1.807) is 0 Å². The van der Waals surface area contributed by atoms with Gasteiger partial charge in [0.05, 0.1) is 0 Å². The fraction of sp³-hybridized carbons (Fsp3) is 0.600. The third-order valence-corrected chi connectivity index (χ3v) is 3.79. The number of nitrogens with zero attached hydrogens (tertiary/aromatic N) is 1. The van der Waals surface area contributed by atoms with Gasteiger partial charge < -0.3 is 5.32 Å². The van der Waals surface area contributed by atoms with Crippen LogP contribution in [0.4, 0.5) is 8.78 Å². The maximum atomic E-state index is 13.6. The van der Waals surface area contributed by atoms with Crippen molar-refractivity contribution in [3.8, 4) is 0 Å². The van der Waals surface area contributed by atoms with Crippen molar-refractivity contribution in [2.45, 2.75) is 26.3 Å². The second-order valence-corrected chi connectivity index (χ2v) is 5.26. The van der Waals surface area contributed by atoms with Gasteiger partial charge in [-0.2, -0.15) is 0 Å². The average Bonchev–Trinajstić information content (AvgIpc) is 2.42. The molecule has 106 valence electrons. The van der Waals surface area contributed by atoms with Gasteiger partial charge in [-0.3, -0.25) is 4.90 Å². The SMILES string of the molecule is CCNCC1CCN(Cc2cc(F)ccc2F)CC1. The van der Waals surface area contributed by atoms with Crippen LogP contribution < -0.4 is 5.32 Å². The first-order chi connectivity index (χ1) is 9.19. The van der Waals surface area contributed by atoms with Crippen LogP contribution >= 0.6 is 0 Å². The van der Waals surface area contributed by atoms with Gasteiger partial charge >= 0.3 is 0 Å². The van der Waals surface area contributed by atoms with Crippen LogP contribution in [0, 0.1) is 17.6 Å².